The van der Waals surface area contributed by atoms with E-state index in [4.69, 9.17) is 16.3 Å². The maximum atomic E-state index is 12.0. The molecule has 2 rings (SSSR count). The lowest BCUT2D eigenvalue weighted by Gasteiger charge is -2.08. The molecule has 23 heavy (non-hydrogen) atoms. The van der Waals surface area contributed by atoms with Gasteiger partial charge < -0.3 is 10.1 Å². The van der Waals surface area contributed by atoms with Crippen molar-refractivity contribution in [3.63, 3.8) is 0 Å². The highest BCUT2D eigenvalue weighted by molar-refractivity contribution is 6.32. The molecule has 0 unspecified atom stereocenters. The number of nitro groups is 1. The first kappa shape index (κ1) is 16.5. The molecule has 2 aromatic carbocycles. The first-order valence-corrected chi connectivity index (χ1v) is 6.95. The molecule has 0 aliphatic heterocycles. The Kier molecular flexibility index (Phi) is 5.32. The fourth-order valence-corrected chi connectivity index (χ4v) is 2.06. The van der Waals surface area contributed by atoms with E-state index >= 15 is 0 Å². The number of nitrogens with one attached hydrogen (secondary N) is 1. The summed E-state index contributed by atoms with van der Waals surface area (Å²) in [6.07, 6.45) is 2.85. The Morgan fingerprint density at radius 3 is 2.70 bits per heavy atom. The first-order chi connectivity index (χ1) is 11.0. The Morgan fingerprint density at radius 1 is 1.30 bits per heavy atom. The molecule has 0 atom stereocenters. The highest BCUT2D eigenvalue weighted by Crippen LogP contribution is 2.28. The maximum absolute atomic E-state index is 12.0. The smallest absolute Gasteiger partial charge is 0.271 e. The van der Waals surface area contributed by atoms with Gasteiger partial charge in [-0.05, 0) is 23.8 Å². The van der Waals surface area contributed by atoms with Gasteiger partial charge in [-0.25, -0.2) is 0 Å². The second-order valence-electron chi connectivity index (χ2n) is 4.49. The zero-order valence-electron chi connectivity index (χ0n) is 12.2. The van der Waals surface area contributed by atoms with Crippen molar-refractivity contribution >= 4 is 35.0 Å². The van der Waals surface area contributed by atoms with Crippen molar-refractivity contribution in [3.8, 4) is 5.75 Å². The number of amides is 1. The summed E-state index contributed by atoms with van der Waals surface area (Å²) in [5, 5.41) is 13.9. The van der Waals surface area contributed by atoms with Gasteiger partial charge in [0.2, 0.25) is 5.91 Å². The first-order valence-electron chi connectivity index (χ1n) is 6.57. The van der Waals surface area contributed by atoms with E-state index in [9.17, 15) is 14.9 Å². The Labute approximate surface area is 137 Å². The van der Waals surface area contributed by atoms with E-state index in [1.54, 1.807) is 30.3 Å². The van der Waals surface area contributed by atoms with Crippen LogP contribution in [0.5, 0.6) is 5.75 Å². The van der Waals surface area contributed by atoms with Crippen LogP contribution in [-0.2, 0) is 4.79 Å². The van der Waals surface area contributed by atoms with Crippen LogP contribution in [0.3, 0.4) is 0 Å². The van der Waals surface area contributed by atoms with E-state index in [2.05, 4.69) is 5.32 Å². The predicted molar refractivity (Wildman–Crippen MR) is 88.8 cm³/mol. The summed E-state index contributed by atoms with van der Waals surface area (Å²) in [4.78, 5) is 22.2. The summed E-state index contributed by atoms with van der Waals surface area (Å²) in [5.74, 6) is -0.126. The monoisotopic (exact) mass is 332 g/mol. The minimum atomic E-state index is -0.547. The fourth-order valence-electron chi connectivity index (χ4n) is 1.86. The van der Waals surface area contributed by atoms with Gasteiger partial charge in [-0.2, -0.15) is 0 Å². The molecule has 0 radical (unpaired) electrons. The lowest BCUT2D eigenvalue weighted by molar-refractivity contribution is -0.384. The summed E-state index contributed by atoms with van der Waals surface area (Å²) in [5.41, 5.74) is 0.766. The van der Waals surface area contributed by atoms with Crippen LogP contribution in [-0.4, -0.2) is 17.9 Å². The molecule has 0 saturated heterocycles. The van der Waals surface area contributed by atoms with Crippen LogP contribution in [0.25, 0.3) is 6.08 Å². The highest BCUT2D eigenvalue weighted by Gasteiger charge is 2.12. The second-order valence-corrected chi connectivity index (χ2v) is 4.89. The molecule has 0 aromatic heterocycles. The van der Waals surface area contributed by atoms with Crippen LogP contribution in [0.15, 0.2) is 48.5 Å². The number of anilines is 1. The molecule has 1 N–H and O–H groups in total. The summed E-state index contributed by atoms with van der Waals surface area (Å²) in [7, 11) is 1.41. The third kappa shape index (κ3) is 4.31. The van der Waals surface area contributed by atoms with Crippen LogP contribution in [0, 0.1) is 10.1 Å². The number of carbonyl (C=O) groups excluding carboxylic acids is 1. The van der Waals surface area contributed by atoms with E-state index in [0.717, 1.165) is 0 Å². The molecule has 0 bridgehead atoms. The van der Waals surface area contributed by atoms with Crippen LogP contribution >= 0.6 is 11.6 Å². The SMILES string of the molecule is COc1ccc([N+](=O)[O-])cc1NC(=O)/C=C/c1ccccc1Cl. The average Bonchev–Trinajstić information content (AvgIpc) is 2.54. The van der Waals surface area contributed by atoms with Gasteiger partial charge in [-0.1, -0.05) is 29.8 Å². The van der Waals surface area contributed by atoms with Crippen LogP contribution in [0.2, 0.25) is 5.02 Å². The van der Waals surface area contributed by atoms with Gasteiger partial charge in [-0.3, -0.25) is 14.9 Å². The minimum absolute atomic E-state index is 0.142. The molecular formula is C16H13ClN2O4. The summed E-state index contributed by atoms with van der Waals surface area (Å²) in [6.45, 7) is 0. The third-order valence-electron chi connectivity index (χ3n) is 2.97. The standard InChI is InChI=1S/C16H13ClN2O4/c1-23-15-8-7-12(19(21)22)10-14(15)18-16(20)9-6-11-4-2-3-5-13(11)17/h2-10H,1H3,(H,18,20)/b9-6+. The molecule has 0 aliphatic carbocycles. The number of carbonyl (C=O) groups is 1. The lowest BCUT2D eigenvalue weighted by atomic mass is 10.2. The van der Waals surface area contributed by atoms with Crippen LogP contribution in [0.1, 0.15) is 5.56 Å². The van der Waals surface area contributed by atoms with Crippen LogP contribution < -0.4 is 10.1 Å². The second kappa shape index (κ2) is 7.42. The van der Waals surface area contributed by atoms with Crippen molar-refractivity contribution in [3.05, 3.63) is 69.2 Å². The quantitative estimate of drug-likeness (QED) is 0.511. The Morgan fingerprint density at radius 2 is 2.04 bits per heavy atom. The number of non-ortho nitro benzene ring substituents is 1. The van der Waals surface area contributed by atoms with E-state index in [1.807, 2.05) is 0 Å². The number of nitrogens with zero attached hydrogens (tertiary/aromatic N) is 1. The van der Waals surface area contributed by atoms with E-state index in [-0.39, 0.29) is 11.4 Å². The van der Waals surface area contributed by atoms with Crippen molar-refractivity contribution in [2.75, 3.05) is 12.4 Å². The van der Waals surface area contributed by atoms with Gasteiger partial charge in [0, 0.05) is 23.2 Å². The topological polar surface area (TPSA) is 81.5 Å². The summed E-state index contributed by atoms with van der Waals surface area (Å²) in [6, 6.07) is 11.0. The van der Waals surface area contributed by atoms with Crippen molar-refractivity contribution in [2.45, 2.75) is 0 Å². The van der Waals surface area contributed by atoms with Crippen molar-refractivity contribution in [1.82, 2.24) is 0 Å². The number of halogens is 1. The molecule has 0 aliphatic rings. The van der Waals surface area contributed by atoms with E-state index < -0.39 is 10.8 Å². The van der Waals surface area contributed by atoms with Gasteiger partial charge in [0.05, 0.1) is 17.7 Å². The van der Waals surface area contributed by atoms with Gasteiger partial charge in [0.1, 0.15) is 5.75 Å². The Balaban J connectivity index is 2.18. The van der Waals surface area contributed by atoms with Crippen molar-refractivity contribution in [2.24, 2.45) is 0 Å². The normalized spacial score (nSPS) is 10.5. The number of hydrogen-bond donors (Lipinski definition) is 1. The molecule has 2 aromatic rings. The molecule has 7 heteroatoms. The number of nitro benzene ring substituents is 1. The zero-order valence-corrected chi connectivity index (χ0v) is 12.9. The Hall–Kier alpha value is -2.86. The largest absolute Gasteiger partial charge is 0.495 e. The fraction of sp³-hybridized carbons (Fsp3) is 0.0625. The van der Waals surface area contributed by atoms with E-state index in [0.29, 0.717) is 16.3 Å². The molecule has 0 saturated carbocycles. The predicted octanol–water partition coefficient (Wildman–Crippen LogP) is 3.91. The molecular weight excluding hydrogens is 320 g/mol. The molecule has 0 heterocycles. The number of rotatable bonds is 5. The zero-order chi connectivity index (χ0) is 16.8. The van der Waals surface area contributed by atoms with Gasteiger partial charge in [-0.15, -0.1) is 0 Å². The van der Waals surface area contributed by atoms with Gasteiger partial charge in [0.15, 0.2) is 0 Å². The van der Waals surface area contributed by atoms with Crippen molar-refractivity contribution in [1.29, 1.82) is 0 Å². The maximum Gasteiger partial charge on any atom is 0.271 e. The third-order valence-corrected chi connectivity index (χ3v) is 3.32. The number of benzene rings is 2. The molecule has 0 spiro atoms. The van der Waals surface area contributed by atoms with Crippen molar-refractivity contribution < 1.29 is 14.5 Å². The molecule has 118 valence electrons. The minimum Gasteiger partial charge on any atom is -0.495 e. The van der Waals surface area contributed by atoms with Gasteiger partial charge >= 0.3 is 0 Å². The van der Waals surface area contributed by atoms with Crippen LogP contribution in [0.4, 0.5) is 11.4 Å². The molecule has 6 nitrogen and oxygen atoms in total. The number of methoxy groups -OCH3 is 1. The van der Waals surface area contributed by atoms with Gasteiger partial charge in [0.25, 0.3) is 5.69 Å². The molecule has 1 amide bonds. The summed E-state index contributed by atoms with van der Waals surface area (Å²) < 4.78 is 5.08. The number of ether oxygens (including phenoxy) is 1. The summed E-state index contributed by atoms with van der Waals surface area (Å²) >= 11 is 5.99. The number of hydrogen-bond acceptors (Lipinski definition) is 4. The average molecular weight is 333 g/mol. The Bertz CT molecular complexity index is 774. The highest BCUT2D eigenvalue weighted by atomic mass is 35.5. The lowest BCUT2D eigenvalue weighted by Crippen LogP contribution is -2.09. The van der Waals surface area contributed by atoms with E-state index in [1.165, 1.54) is 31.4 Å². The molecule has 0 fully saturated rings.